The van der Waals surface area contributed by atoms with Gasteiger partial charge in [0.15, 0.2) is 0 Å². The van der Waals surface area contributed by atoms with Crippen molar-refractivity contribution in [3.8, 4) is 0 Å². The number of likely N-dealkylation sites (N-methyl/N-ethyl adjacent to an activating group) is 1. The van der Waals surface area contributed by atoms with Gasteiger partial charge in [-0.15, -0.1) is 0 Å². The van der Waals surface area contributed by atoms with Gasteiger partial charge in [-0.05, 0) is 27.3 Å². The molecule has 1 aliphatic rings. The highest BCUT2D eigenvalue weighted by atomic mass is 16.5. The Hall–Kier alpha value is -0.0800. The number of nitrogens with one attached hydrogen (secondary N) is 1. The van der Waals surface area contributed by atoms with E-state index in [1.54, 1.807) is 0 Å². The lowest BCUT2D eigenvalue weighted by atomic mass is 9.89. The second kappa shape index (κ2) is 3.11. The molecule has 2 nitrogen and oxygen atoms in total. The van der Waals surface area contributed by atoms with E-state index in [2.05, 4.69) is 26.1 Å². The zero-order valence-electron chi connectivity index (χ0n) is 7.98. The van der Waals surface area contributed by atoms with Crippen LogP contribution < -0.4 is 5.32 Å². The zero-order chi connectivity index (χ0) is 8.48. The van der Waals surface area contributed by atoms with E-state index in [4.69, 9.17) is 4.74 Å². The molecule has 11 heavy (non-hydrogen) atoms. The van der Waals surface area contributed by atoms with E-state index in [0.29, 0.717) is 12.0 Å². The van der Waals surface area contributed by atoms with Crippen molar-refractivity contribution in [2.75, 3.05) is 13.7 Å². The van der Waals surface area contributed by atoms with Crippen molar-refractivity contribution in [2.45, 2.75) is 38.8 Å². The van der Waals surface area contributed by atoms with E-state index in [-0.39, 0.29) is 5.60 Å². The van der Waals surface area contributed by atoms with Crippen molar-refractivity contribution in [1.82, 2.24) is 5.32 Å². The molecule has 0 aromatic heterocycles. The van der Waals surface area contributed by atoms with Gasteiger partial charge in [-0.2, -0.15) is 0 Å². The molecule has 0 spiro atoms. The second-order valence-corrected chi connectivity index (χ2v) is 3.85. The van der Waals surface area contributed by atoms with Gasteiger partial charge >= 0.3 is 0 Å². The van der Waals surface area contributed by atoms with Crippen molar-refractivity contribution in [1.29, 1.82) is 0 Å². The molecule has 1 heterocycles. The van der Waals surface area contributed by atoms with Crippen molar-refractivity contribution in [2.24, 2.45) is 5.92 Å². The molecular weight excluding hydrogens is 138 g/mol. The highest BCUT2D eigenvalue weighted by molar-refractivity contribution is 4.94. The molecule has 66 valence electrons. The summed E-state index contributed by atoms with van der Waals surface area (Å²) in [6.07, 6.45) is 1.20. The Morgan fingerprint density at radius 2 is 2.18 bits per heavy atom. The number of hydrogen-bond acceptors (Lipinski definition) is 2. The van der Waals surface area contributed by atoms with Crippen LogP contribution in [-0.4, -0.2) is 25.3 Å². The molecule has 2 unspecified atom stereocenters. The topological polar surface area (TPSA) is 21.3 Å². The first-order chi connectivity index (χ1) is 5.11. The van der Waals surface area contributed by atoms with E-state index in [1.807, 2.05) is 7.05 Å². The van der Waals surface area contributed by atoms with Crippen LogP contribution in [0.2, 0.25) is 0 Å². The first-order valence-corrected chi connectivity index (χ1v) is 4.43. The smallest absolute Gasteiger partial charge is 0.0782 e. The van der Waals surface area contributed by atoms with Crippen LogP contribution in [0.4, 0.5) is 0 Å². The van der Waals surface area contributed by atoms with Crippen LogP contribution in [0.15, 0.2) is 0 Å². The van der Waals surface area contributed by atoms with Crippen LogP contribution in [0.1, 0.15) is 27.2 Å². The third kappa shape index (κ3) is 1.57. The molecule has 0 aliphatic carbocycles. The minimum Gasteiger partial charge on any atom is -0.374 e. The average molecular weight is 157 g/mol. The predicted octanol–water partition coefficient (Wildman–Crippen LogP) is 1.41. The summed E-state index contributed by atoms with van der Waals surface area (Å²) < 4.78 is 5.68. The standard InChI is InChI=1S/C9H19NO/c1-5-7-6-11-9(2,3)8(7)10-4/h7-8,10H,5-6H2,1-4H3. The number of hydrogen-bond donors (Lipinski definition) is 1. The molecule has 0 saturated carbocycles. The quantitative estimate of drug-likeness (QED) is 0.654. The third-order valence-corrected chi connectivity index (χ3v) is 2.73. The Kier molecular flexibility index (Phi) is 2.55. The number of rotatable bonds is 2. The summed E-state index contributed by atoms with van der Waals surface area (Å²) >= 11 is 0. The number of ether oxygens (including phenoxy) is 1. The van der Waals surface area contributed by atoms with Gasteiger partial charge in [0.25, 0.3) is 0 Å². The maximum Gasteiger partial charge on any atom is 0.0782 e. The zero-order valence-corrected chi connectivity index (χ0v) is 7.98. The van der Waals surface area contributed by atoms with Crippen molar-refractivity contribution < 1.29 is 4.74 Å². The van der Waals surface area contributed by atoms with Gasteiger partial charge in [0, 0.05) is 12.0 Å². The fourth-order valence-corrected chi connectivity index (χ4v) is 2.01. The molecule has 0 aromatic carbocycles. The molecule has 1 rings (SSSR count). The molecule has 1 fully saturated rings. The minimum absolute atomic E-state index is 0.0232. The van der Waals surface area contributed by atoms with E-state index in [9.17, 15) is 0 Å². The van der Waals surface area contributed by atoms with Crippen LogP contribution >= 0.6 is 0 Å². The lowest BCUT2D eigenvalue weighted by Crippen LogP contribution is -2.44. The monoisotopic (exact) mass is 157 g/mol. The van der Waals surface area contributed by atoms with Crippen molar-refractivity contribution >= 4 is 0 Å². The highest BCUT2D eigenvalue weighted by Gasteiger charge is 2.40. The van der Waals surface area contributed by atoms with Gasteiger partial charge < -0.3 is 10.1 Å². The van der Waals surface area contributed by atoms with Crippen molar-refractivity contribution in [3.05, 3.63) is 0 Å². The molecular formula is C9H19NO. The molecule has 2 atom stereocenters. The van der Waals surface area contributed by atoms with E-state index in [1.165, 1.54) is 6.42 Å². The van der Waals surface area contributed by atoms with Crippen LogP contribution in [0.3, 0.4) is 0 Å². The highest BCUT2D eigenvalue weighted by Crippen LogP contribution is 2.31. The fraction of sp³-hybridized carbons (Fsp3) is 1.00. The first-order valence-electron chi connectivity index (χ1n) is 4.43. The average Bonchev–Trinajstić information content (AvgIpc) is 2.24. The maximum absolute atomic E-state index is 5.68. The van der Waals surface area contributed by atoms with Gasteiger partial charge in [-0.1, -0.05) is 6.92 Å². The summed E-state index contributed by atoms with van der Waals surface area (Å²) in [7, 11) is 2.02. The van der Waals surface area contributed by atoms with E-state index >= 15 is 0 Å². The summed E-state index contributed by atoms with van der Waals surface area (Å²) in [4.78, 5) is 0. The normalized spacial score (nSPS) is 36.0. The molecule has 1 N–H and O–H groups in total. The van der Waals surface area contributed by atoms with Crippen LogP contribution in [-0.2, 0) is 4.74 Å². The summed E-state index contributed by atoms with van der Waals surface area (Å²) in [5, 5.41) is 3.33. The SMILES string of the molecule is CCC1COC(C)(C)C1NC. The van der Waals surface area contributed by atoms with Crippen LogP contribution in [0.25, 0.3) is 0 Å². The predicted molar refractivity (Wildman–Crippen MR) is 46.7 cm³/mol. The molecule has 0 radical (unpaired) electrons. The molecule has 1 aliphatic heterocycles. The van der Waals surface area contributed by atoms with Gasteiger partial charge in [-0.3, -0.25) is 0 Å². The summed E-state index contributed by atoms with van der Waals surface area (Å²) in [6, 6.07) is 0.521. The Labute approximate surface area is 69.3 Å². The molecule has 0 bridgehead atoms. The summed E-state index contributed by atoms with van der Waals surface area (Å²) in [5.74, 6) is 0.690. The Morgan fingerprint density at radius 1 is 1.55 bits per heavy atom. The van der Waals surface area contributed by atoms with E-state index < -0.39 is 0 Å². The Balaban J connectivity index is 2.63. The largest absolute Gasteiger partial charge is 0.374 e. The first kappa shape index (κ1) is 9.01. The maximum atomic E-state index is 5.68. The van der Waals surface area contributed by atoms with Crippen LogP contribution in [0, 0.1) is 5.92 Å². The van der Waals surface area contributed by atoms with Crippen LogP contribution in [0.5, 0.6) is 0 Å². The molecule has 2 heteroatoms. The van der Waals surface area contributed by atoms with Gasteiger partial charge in [-0.25, -0.2) is 0 Å². The van der Waals surface area contributed by atoms with Gasteiger partial charge in [0.2, 0.25) is 0 Å². The Morgan fingerprint density at radius 3 is 2.55 bits per heavy atom. The third-order valence-electron chi connectivity index (χ3n) is 2.73. The fourth-order valence-electron chi connectivity index (χ4n) is 2.01. The molecule has 0 amide bonds. The molecule has 0 aromatic rings. The second-order valence-electron chi connectivity index (χ2n) is 3.85. The van der Waals surface area contributed by atoms with Crippen molar-refractivity contribution in [3.63, 3.8) is 0 Å². The summed E-state index contributed by atoms with van der Waals surface area (Å²) in [5.41, 5.74) is 0.0232. The van der Waals surface area contributed by atoms with Gasteiger partial charge in [0.1, 0.15) is 0 Å². The minimum atomic E-state index is 0.0232. The van der Waals surface area contributed by atoms with Gasteiger partial charge in [0.05, 0.1) is 12.2 Å². The lowest BCUT2D eigenvalue weighted by Gasteiger charge is -2.27. The molecule has 1 saturated heterocycles. The summed E-state index contributed by atoms with van der Waals surface area (Å²) in [6.45, 7) is 7.45. The Bertz CT molecular complexity index is 134. The lowest BCUT2D eigenvalue weighted by molar-refractivity contribution is 0.0227. The van der Waals surface area contributed by atoms with E-state index in [0.717, 1.165) is 6.61 Å².